The third kappa shape index (κ3) is 4.00. The van der Waals surface area contributed by atoms with Crippen LogP contribution in [0.4, 0.5) is 9.57 Å². The molecular formula is C14H18FN3O4S. The predicted molar refractivity (Wildman–Crippen MR) is 82.9 cm³/mol. The van der Waals surface area contributed by atoms with Crippen molar-refractivity contribution in [1.29, 1.82) is 0 Å². The molecule has 1 aromatic rings. The van der Waals surface area contributed by atoms with Gasteiger partial charge in [-0.2, -0.15) is 8.42 Å². The van der Waals surface area contributed by atoms with Crippen LogP contribution in [0.3, 0.4) is 0 Å². The lowest BCUT2D eigenvalue weighted by Crippen LogP contribution is -2.25. The summed E-state index contributed by atoms with van der Waals surface area (Å²) in [5.41, 5.74) is 7.71. The van der Waals surface area contributed by atoms with Crippen molar-refractivity contribution in [2.24, 2.45) is 5.11 Å². The number of carbonyl (C=O) groups is 1. The summed E-state index contributed by atoms with van der Waals surface area (Å²) in [5.74, 6) is -0.813. The molecule has 0 unspecified atom stereocenters. The average Bonchev–Trinajstić information content (AvgIpc) is 2.30. The van der Waals surface area contributed by atoms with E-state index in [0.29, 0.717) is 0 Å². The van der Waals surface area contributed by atoms with E-state index in [1.165, 1.54) is 20.8 Å². The quantitative estimate of drug-likeness (QED) is 0.270. The Balaban J connectivity index is 3.88. The van der Waals surface area contributed by atoms with E-state index in [2.05, 4.69) is 10.0 Å². The van der Waals surface area contributed by atoms with Gasteiger partial charge in [0.25, 0.3) is 0 Å². The lowest BCUT2D eigenvalue weighted by Gasteiger charge is -2.23. The minimum Gasteiger partial charge on any atom is -0.456 e. The minimum atomic E-state index is -5.11. The lowest BCUT2D eigenvalue weighted by molar-refractivity contribution is 0.00677. The Bertz CT molecular complexity index is 820. The highest BCUT2D eigenvalue weighted by molar-refractivity contribution is 7.86. The summed E-state index contributed by atoms with van der Waals surface area (Å²) in [6.45, 7) is 9.04. The molecule has 23 heavy (non-hydrogen) atoms. The van der Waals surface area contributed by atoms with Crippen molar-refractivity contribution < 1.29 is 21.8 Å². The van der Waals surface area contributed by atoms with Gasteiger partial charge in [0.15, 0.2) is 0 Å². The predicted octanol–water partition coefficient (Wildman–Crippen LogP) is 4.17. The van der Waals surface area contributed by atoms with Gasteiger partial charge in [-0.05, 0) is 63.8 Å². The molecule has 0 heterocycles. The van der Waals surface area contributed by atoms with Crippen LogP contribution in [0.5, 0.6) is 0 Å². The van der Waals surface area contributed by atoms with Gasteiger partial charge in [-0.25, -0.2) is 4.79 Å². The van der Waals surface area contributed by atoms with E-state index in [1.54, 1.807) is 20.8 Å². The fraction of sp³-hybridized carbons (Fsp3) is 0.500. The molecule has 0 saturated heterocycles. The smallest absolute Gasteiger partial charge is 0.339 e. The van der Waals surface area contributed by atoms with E-state index in [0.717, 1.165) is 0 Å². The first-order valence-corrected chi connectivity index (χ1v) is 8.06. The second kappa shape index (κ2) is 6.17. The van der Waals surface area contributed by atoms with Gasteiger partial charge < -0.3 is 4.74 Å². The lowest BCUT2D eigenvalue weighted by atomic mass is 9.97. The maximum absolute atomic E-state index is 13.7. The second-order valence-electron chi connectivity index (χ2n) is 6.06. The number of carbonyl (C=O) groups excluding carboxylic acids is 1. The number of hydrogen-bond donors (Lipinski definition) is 0. The van der Waals surface area contributed by atoms with Crippen molar-refractivity contribution >= 4 is 21.9 Å². The van der Waals surface area contributed by atoms with Gasteiger partial charge in [0, 0.05) is 10.6 Å². The first-order valence-electron chi connectivity index (χ1n) is 6.68. The Labute approximate surface area is 134 Å². The number of halogens is 1. The molecule has 0 aromatic heterocycles. The van der Waals surface area contributed by atoms with Crippen molar-refractivity contribution in [3.8, 4) is 0 Å². The standard InChI is InChI=1S/C14H18FN3O4S/c1-7-10(13(19)22-14(4,5)6)8(2)12(23(15,20)21)9(3)11(7)17-18-16/h1-6H3. The highest BCUT2D eigenvalue weighted by Crippen LogP contribution is 2.37. The van der Waals surface area contributed by atoms with E-state index < -0.39 is 26.7 Å². The van der Waals surface area contributed by atoms with E-state index in [-0.39, 0.29) is 27.9 Å². The number of nitrogens with zero attached hydrogens (tertiary/aromatic N) is 3. The Morgan fingerprint density at radius 2 is 1.70 bits per heavy atom. The average molecular weight is 343 g/mol. The summed E-state index contributed by atoms with van der Waals surface area (Å²) in [4.78, 5) is 14.3. The van der Waals surface area contributed by atoms with Gasteiger partial charge >= 0.3 is 16.2 Å². The Morgan fingerprint density at radius 1 is 1.17 bits per heavy atom. The van der Waals surface area contributed by atoms with Crippen LogP contribution in [-0.2, 0) is 15.0 Å². The third-order valence-corrected chi connectivity index (χ3v) is 4.23. The van der Waals surface area contributed by atoms with Crippen molar-refractivity contribution in [3.63, 3.8) is 0 Å². The Morgan fingerprint density at radius 3 is 2.09 bits per heavy atom. The number of ether oxygens (including phenoxy) is 1. The number of rotatable bonds is 3. The molecule has 9 heteroatoms. The summed E-state index contributed by atoms with van der Waals surface area (Å²) in [6, 6.07) is 0. The summed E-state index contributed by atoms with van der Waals surface area (Å²) in [5, 5.41) is 3.40. The number of esters is 1. The van der Waals surface area contributed by atoms with Crippen LogP contribution in [0, 0.1) is 20.8 Å². The molecule has 126 valence electrons. The normalized spacial score (nSPS) is 11.8. The number of benzene rings is 1. The highest BCUT2D eigenvalue weighted by atomic mass is 32.3. The van der Waals surface area contributed by atoms with Gasteiger partial charge in [0.2, 0.25) is 0 Å². The minimum absolute atomic E-state index is 0.0485. The van der Waals surface area contributed by atoms with Crippen LogP contribution < -0.4 is 0 Å². The van der Waals surface area contributed by atoms with Gasteiger partial charge in [-0.1, -0.05) is 5.11 Å². The van der Waals surface area contributed by atoms with Crippen LogP contribution in [-0.4, -0.2) is 20.0 Å². The zero-order valence-electron chi connectivity index (χ0n) is 13.8. The molecule has 0 aliphatic carbocycles. The van der Waals surface area contributed by atoms with E-state index >= 15 is 0 Å². The highest BCUT2D eigenvalue weighted by Gasteiger charge is 2.30. The topological polar surface area (TPSA) is 109 Å². The molecule has 0 atom stereocenters. The van der Waals surface area contributed by atoms with Crippen LogP contribution >= 0.6 is 0 Å². The van der Waals surface area contributed by atoms with Crippen molar-refractivity contribution in [3.05, 3.63) is 32.7 Å². The van der Waals surface area contributed by atoms with Crippen molar-refractivity contribution in [1.82, 2.24) is 0 Å². The SMILES string of the molecule is Cc1c(N=[N+]=[N-])c(C)c(S(=O)(=O)F)c(C)c1C(=O)OC(C)(C)C. The van der Waals surface area contributed by atoms with E-state index in [9.17, 15) is 17.1 Å². The van der Waals surface area contributed by atoms with E-state index in [1.807, 2.05) is 0 Å². The van der Waals surface area contributed by atoms with Crippen molar-refractivity contribution in [2.75, 3.05) is 0 Å². The largest absolute Gasteiger partial charge is 0.456 e. The Hall–Kier alpha value is -2.12. The molecule has 0 bridgehead atoms. The molecule has 0 amide bonds. The maximum atomic E-state index is 13.7. The summed E-state index contributed by atoms with van der Waals surface area (Å²) in [6.07, 6.45) is 0. The first-order chi connectivity index (χ1) is 10.3. The molecule has 0 fully saturated rings. The van der Waals surface area contributed by atoms with Crippen LogP contribution in [0.1, 0.15) is 47.8 Å². The second-order valence-corrected chi connectivity index (χ2v) is 7.34. The number of hydrogen-bond acceptors (Lipinski definition) is 5. The summed E-state index contributed by atoms with van der Waals surface area (Å²) in [7, 11) is -5.11. The molecule has 0 aliphatic rings. The molecule has 0 N–H and O–H groups in total. The van der Waals surface area contributed by atoms with Crippen LogP contribution in [0.15, 0.2) is 10.0 Å². The fourth-order valence-electron chi connectivity index (χ4n) is 2.38. The van der Waals surface area contributed by atoms with Gasteiger partial charge in [-0.3, -0.25) is 0 Å². The molecule has 1 aromatic carbocycles. The maximum Gasteiger partial charge on any atom is 0.339 e. The molecule has 0 saturated carbocycles. The van der Waals surface area contributed by atoms with Crippen LogP contribution in [0.2, 0.25) is 0 Å². The molecule has 1 rings (SSSR count). The van der Waals surface area contributed by atoms with E-state index in [4.69, 9.17) is 10.3 Å². The first kappa shape index (κ1) is 18.9. The Kier molecular flexibility index (Phi) is 5.08. The summed E-state index contributed by atoms with van der Waals surface area (Å²) >= 11 is 0. The van der Waals surface area contributed by atoms with Gasteiger partial charge in [0.1, 0.15) is 10.5 Å². The van der Waals surface area contributed by atoms with Gasteiger partial charge in [0.05, 0.1) is 5.56 Å². The molecule has 0 aliphatic heterocycles. The number of azide groups is 1. The molecule has 0 radical (unpaired) electrons. The summed E-state index contributed by atoms with van der Waals surface area (Å²) < 4.78 is 41.8. The zero-order chi connectivity index (χ0) is 18.2. The fourth-order valence-corrected chi connectivity index (χ4v) is 3.31. The third-order valence-electron chi connectivity index (χ3n) is 3.13. The molecule has 0 spiro atoms. The van der Waals surface area contributed by atoms with Gasteiger partial charge in [-0.15, -0.1) is 3.89 Å². The zero-order valence-corrected chi connectivity index (χ0v) is 14.6. The van der Waals surface area contributed by atoms with Crippen molar-refractivity contribution in [2.45, 2.75) is 52.0 Å². The van der Waals surface area contributed by atoms with Crippen LogP contribution in [0.25, 0.3) is 10.4 Å². The monoisotopic (exact) mass is 343 g/mol. The molecule has 7 nitrogen and oxygen atoms in total. The molecular weight excluding hydrogens is 325 g/mol.